The van der Waals surface area contributed by atoms with Crippen LogP contribution in [0.5, 0.6) is 0 Å². The molecule has 0 amide bonds. The van der Waals surface area contributed by atoms with Crippen LogP contribution in [0.15, 0.2) is 42.5 Å². The van der Waals surface area contributed by atoms with Gasteiger partial charge in [0.1, 0.15) is 6.61 Å². The Hall–Kier alpha value is -1.93. The van der Waals surface area contributed by atoms with Crippen molar-refractivity contribution >= 4 is 5.78 Å². The first-order chi connectivity index (χ1) is 9.56. The minimum atomic E-state index is 0.0229. The zero-order valence-corrected chi connectivity index (χ0v) is 12.3. The molecular weight excluding hydrogens is 248 g/mol. The van der Waals surface area contributed by atoms with Crippen molar-refractivity contribution < 1.29 is 9.53 Å². The van der Waals surface area contributed by atoms with E-state index in [1.54, 1.807) is 0 Å². The van der Waals surface area contributed by atoms with Gasteiger partial charge in [-0.2, -0.15) is 0 Å². The number of Topliss-reactive ketones (excluding diaryl/α,β-unsaturated/α-hetero) is 1. The Kier molecular flexibility index (Phi) is 4.70. The van der Waals surface area contributed by atoms with Crippen LogP contribution in [0.2, 0.25) is 0 Å². The van der Waals surface area contributed by atoms with Crippen molar-refractivity contribution in [2.24, 2.45) is 0 Å². The summed E-state index contributed by atoms with van der Waals surface area (Å²) in [7, 11) is 0. The Labute approximate surface area is 120 Å². The Balaban J connectivity index is 1.89. The topological polar surface area (TPSA) is 26.3 Å². The minimum absolute atomic E-state index is 0.0229. The summed E-state index contributed by atoms with van der Waals surface area (Å²) >= 11 is 0. The van der Waals surface area contributed by atoms with E-state index < -0.39 is 0 Å². The summed E-state index contributed by atoms with van der Waals surface area (Å²) in [5.74, 6) is 0.0229. The van der Waals surface area contributed by atoms with Crippen LogP contribution in [0.3, 0.4) is 0 Å². The highest BCUT2D eigenvalue weighted by Crippen LogP contribution is 2.12. The highest BCUT2D eigenvalue weighted by molar-refractivity contribution is 5.97. The average molecular weight is 268 g/mol. The molecule has 20 heavy (non-hydrogen) atoms. The number of benzene rings is 2. The third-order valence-electron chi connectivity index (χ3n) is 3.36. The molecule has 2 aromatic carbocycles. The molecule has 0 aliphatic rings. The molecule has 0 spiro atoms. The van der Waals surface area contributed by atoms with E-state index in [2.05, 4.69) is 32.0 Å². The maximum atomic E-state index is 12.0. The van der Waals surface area contributed by atoms with E-state index in [4.69, 9.17) is 4.74 Å². The molecule has 0 heterocycles. The molecule has 0 unspecified atom stereocenters. The zero-order valence-electron chi connectivity index (χ0n) is 12.3. The van der Waals surface area contributed by atoms with Gasteiger partial charge in [0, 0.05) is 5.56 Å². The number of aryl methyl sites for hydroxylation is 3. The van der Waals surface area contributed by atoms with Gasteiger partial charge in [0.05, 0.1) is 6.61 Å². The van der Waals surface area contributed by atoms with Crippen molar-refractivity contribution in [3.8, 4) is 0 Å². The standard InChI is InChI=1S/C18H20O2/c1-13-4-7-16(8-5-13)18(19)12-20-11-17-9-6-14(2)10-15(17)3/h4-10H,11-12H2,1-3H3. The van der Waals surface area contributed by atoms with E-state index in [0.717, 1.165) is 11.1 Å². The number of ketones is 1. The Morgan fingerprint density at radius 2 is 1.60 bits per heavy atom. The average Bonchev–Trinajstić information content (AvgIpc) is 2.42. The zero-order chi connectivity index (χ0) is 14.5. The highest BCUT2D eigenvalue weighted by atomic mass is 16.5. The van der Waals surface area contributed by atoms with Gasteiger partial charge in [-0.15, -0.1) is 0 Å². The summed E-state index contributed by atoms with van der Waals surface area (Å²) in [6.45, 7) is 6.73. The Morgan fingerprint density at radius 1 is 0.950 bits per heavy atom. The predicted molar refractivity (Wildman–Crippen MR) is 81.1 cm³/mol. The molecule has 0 fully saturated rings. The lowest BCUT2D eigenvalue weighted by Crippen LogP contribution is -2.09. The molecule has 2 aromatic rings. The molecule has 0 bridgehead atoms. The van der Waals surface area contributed by atoms with Gasteiger partial charge in [-0.3, -0.25) is 4.79 Å². The third kappa shape index (κ3) is 3.78. The van der Waals surface area contributed by atoms with Gasteiger partial charge in [0.15, 0.2) is 5.78 Å². The molecule has 0 aliphatic carbocycles. The molecule has 0 aliphatic heterocycles. The van der Waals surface area contributed by atoms with Crippen LogP contribution in [-0.4, -0.2) is 12.4 Å². The molecular formula is C18H20O2. The van der Waals surface area contributed by atoms with Gasteiger partial charge in [-0.05, 0) is 31.9 Å². The fourth-order valence-electron chi connectivity index (χ4n) is 2.08. The van der Waals surface area contributed by atoms with Crippen molar-refractivity contribution in [3.05, 3.63) is 70.3 Å². The van der Waals surface area contributed by atoms with E-state index in [-0.39, 0.29) is 12.4 Å². The number of hydrogen-bond acceptors (Lipinski definition) is 2. The Bertz CT molecular complexity index is 597. The van der Waals surface area contributed by atoms with Gasteiger partial charge in [0.2, 0.25) is 0 Å². The molecule has 0 atom stereocenters. The minimum Gasteiger partial charge on any atom is -0.369 e. The van der Waals surface area contributed by atoms with Crippen molar-refractivity contribution in [1.82, 2.24) is 0 Å². The molecule has 0 N–H and O–H groups in total. The van der Waals surface area contributed by atoms with E-state index >= 15 is 0 Å². The lowest BCUT2D eigenvalue weighted by atomic mass is 10.1. The normalized spacial score (nSPS) is 10.6. The van der Waals surface area contributed by atoms with Gasteiger partial charge < -0.3 is 4.74 Å². The quantitative estimate of drug-likeness (QED) is 0.766. The molecule has 0 saturated carbocycles. The second kappa shape index (κ2) is 6.49. The first kappa shape index (κ1) is 14.5. The molecule has 104 valence electrons. The Morgan fingerprint density at radius 3 is 2.25 bits per heavy atom. The van der Waals surface area contributed by atoms with Crippen LogP contribution >= 0.6 is 0 Å². The largest absolute Gasteiger partial charge is 0.369 e. The van der Waals surface area contributed by atoms with Gasteiger partial charge >= 0.3 is 0 Å². The van der Waals surface area contributed by atoms with Gasteiger partial charge in [-0.1, -0.05) is 53.6 Å². The third-order valence-corrected chi connectivity index (χ3v) is 3.36. The molecule has 2 rings (SSSR count). The number of carbonyl (C=O) groups excluding carboxylic acids is 1. The number of hydrogen-bond donors (Lipinski definition) is 0. The fraction of sp³-hybridized carbons (Fsp3) is 0.278. The summed E-state index contributed by atoms with van der Waals surface area (Å²) in [6, 6.07) is 13.8. The first-order valence-corrected chi connectivity index (χ1v) is 6.80. The van der Waals surface area contributed by atoms with Crippen molar-refractivity contribution in [2.75, 3.05) is 6.61 Å². The summed E-state index contributed by atoms with van der Waals surface area (Å²) in [5.41, 5.74) is 5.43. The maximum Gasteiger partial charge on any atom is 0.188 e. The van der Waals surface area contributed by atoms with Crippen LogP contribution in [0.4, 0.5) is 0 Å². The molecule has 0 aromatic heterocycles. The molecule has 0 saturated heterocycles. The lowest BCUT2D eigenvalue weighted by Gasteiger charge is -2.08. The highest BCUT2D eigenvalue weighted by Gasteiger charge is 2.06. The maximum absolute atomic E-state index is 12.0. The number of rotatable bonds is 5. The predicted octanol–water partition coefficient (Wildman–Crippen LogP) is 4.01. The van der Waals surface area contributed by atoms with E-state index in [1.165, 1.54) is 11.1 Å². The van der Waals surface area contributed by atoms with Crippen LogP contribution in [-0.2, 0) is 11.3 Å². The summed E-state index contributed by atoms with van der Waals surface area (Å²) in [5, 5.41) is 0. The lowest BCUT2D eigenvalue weighted by molar-refractivity contribution is 0.0725. The van der Waals surface area contributed by atoms with Gasteiger partial charge in [-0.25, -0.2) is 0 Å². The summed E-state index contributed by atoms with van der Waals surface area (Å²) < 4.78 is 5.54. The number of carbonyl (C=O) groups is 1. The van der Waals surface area contributed by atoms with Crippen LogP contribution in [0.25, 0.3) is 0 Å². The van der Waals surface area contributed by atoms with Gasteiger partial charge in [0.25, 0.3) is 0 Å². The number of ether oxygens (including phenoxy) is 1. The monoisotopic (exact) mass is 268 g/mol. The second-order valence-electron chi connectivity index (χ2n) is 5.21. The van der Waals surface area contributed by atoms with E-state index in [9.17, 15) is 4.79 Å². The van der Waals surface area contributed by atoms with Crippen LogP contribution in [0.1, 0.15) is 32.6 Å². The smallest absolute Gasteiger partial charge is 0.188 e. The molecule has 2 heteroatoms. The molecule has 0 radical (unpaired) electrons. The van der Waals surface area contributed by atoms with Crippen molar-refractivity contribution in [1.29, 1.82) is 0 Å². The van der Waals surface area contributed by atoms with Crippen LogP contribution in [0, 0.1) is 20.8 Å². The fourth-order valence-corrected chi connectivity index (χ4v) is 2.08. The van der Waals surface area contributed by atoms with E-state index in [0.29, 0.717) is 12.2 Å². The van der Waals surface area contributed by atoms with E-state index in [1.807, 2.05) is 31.2 Å². The van der Waals surface area contributed by atoms with Crippen molar-refractivity contribution in [3.63, 3.8) is 0 Å². The molecule has 2 nitrogen and oxygen atoms in total. The summed E-state index contributed by atoms with van der Waals surface area (Å²) in [4.78, 5) is 12.0. The first-order valence-electron chi connectivity index (χ1n) is 6.80. The second-order valence-corrected chi connectivity index (χ2v) is 5.21. The van der Waals surface area contributed by atoms with Crippen LogP contribution < -0.4 is 0 Å². The summed E-state index contributed by atoms with van der Waals surface area (Å²) in [6.07, 6.45) is 0. The SMILES string of the molecule is Cc1ccc(C(=O)COCc2ccc(C)cc2C)cc1. The van der Waals surface area contributed by atoms with Crippen molar-refractivity contribution in [2.45, 2.75) is 27.4 Å².